The maximum Gasteiger partial charge on any atom is 0.254 e. The lowest BCUT2D eigenvalue weighted by molar-refractivity contribution is 0.0947. The second-order valence-corrected chi connectivity index (χ2v) is 5.95. The number of hydrogen-bond donors (Lipinski definition) is 1. The number of halogens is 2. The highest BCUT2D eigenvalue weighted by Gasteiger charge is 2.12. The van der Waals surface area contributed by atoms with E-state index in [-0.39, 0.29) is 11.5 Å². The van der Waals surface area contributed by atoms with Crippen LogP contribution in [0, 0.1) is 5.82 Å². The zero-order chi connectivity index (χ0) is 13.8. The van der Waals surface area contributed by atoms with Crippen molar-refractivity contribution < 1.29 is 9.18 Å². The Labute approximate surface area is 123 Å². The van der Waals surface area contributed by atoms with Gasteiger partial charge in [-0.2, -0.15) is 0 Å². The molecule has 1 aromatic heterocycles. The van der Waals surface area contributed by atoms with Crippen LogP contribution in [-0.2, 0) is 13.0 Å². The highest BCUT2D eigenvalue weighted by molar-refractivity contribution is 9.10. The summed E-state index contributed by atoms with van der Waals surface area (Å²) < 4.78 is 14.2. The van der Waals surface area contributed by atoms with Gasteiger partial charge in [-0.3, -0.25) is 4.79 Å². The fourth-order valence-corrected chi connectivity index (χ4v) is 3.02. The minimum Gasteiger partial charge on any atom is -0.347 e. The van der Waals surface area contributed by atoms with E-state index in [9.17, 15) is 9.18 Å². The van der Waals surface area contributed by atoms with Crippen LogP contribution in [0.1, 0.15) is 27.7 Å². The lowest BCUT2D eigenvalue weighted by Crippen LogP contribution is -2.23. The topological polar surface area (TPSA) is 29.1 Å². The first kappa shape index (κ1) is 14.2. The lowest BCUT2D eigenvalue weighted by atomic mass is 10.2. The fraction of sp³-hybridized carbons (Fsp3) is 0.214. The fourth-order valence-electron chi connectivity index (χ4n) is 1.77. The highest BCUT2D eigenvalue weighted by Crippen LogP contribution is 2.18. The Hall–Kier alpha value is -1.20. The molecule has 1 heterocycles. The van der Waals surface area contributed by atoms with Crippen LogP contribution in [-0.4, -0.2) is 5.91 Å². The number of rotatable bonds is 4. The monoisotopic (exact) mass is 341 g/mol. The minimum absolute atomic E-state index is 0.0674. The van der Waals surface area contributed by atoms with E-state index in [2.05, 4.69) is 28.2 Å². The molecule has 2 rings (SSSR count). The summed E-state index contributed by atoms with van der Waals surface area (Å²) in [5, 5.41) is 4.75. The van der Waals surface area contributed by atoms with E-state index in [0.29, 0.717) is 11.0 Å². The van der Waals surface area contributed by atoms with Gasteiger partial charge >= 0.3 is 0 Å². The first-order chi connectivity index (χ1) is 9.11. The number of nitrogens with one attached hydrogen (secondary N) is 1. The third-order valence-electron chi connectivity index (χ3n) is 2.80. The van der Waals surface area contributed by atoms with Crippen LogP contribution in [0.3, 0.4) is 0 Å². The SMILES string of the molecule is CCc1ccsc1CNC(=O)c1ccc(Br)cc1F. The van der Waals surface area contributed by atoms with Gasteiger partial charge in [0.2, 0.25) is 0 Å². The number of carbonyl (C=O) groups excluding carboxylic acids is 1. The van der Waals surface area contributed by atoms with Gasteiger partial charge in [0.15, 0.2) is 0 Å². The van der Waals surface area contributed by atoms with E-state index >= 15 is 0 Å². The predicted molar refractivity (Wildman–Crippen MR) is 79.0 cm³/mol. The Morgan fingerprint density at radius 2 is 2.21 bits per heavy atom. The summed E-state index contributed by atoms with van der Waals surface area (Å²) in [5.74, 6) is -0.908. The van der Waals surface area contributed by atoms with Crippen LogP contribution in [0.5, 0.6) is 0 Å². The minimum atomic E-state index is -0.520. The smallest absolute Gasteiger partial charge is 0.254 e. The van der Waals surface area contributed by atoms with Crippen molar-refractivity contribution in [1.29, 1.82) is 0 Å². The molecule has 1 amide bonds. The molecule has 0 unspecified atom stereocenters. The number of aryl methyl sites for hydroxylation is 1. The van der Waals surface area contributed by atoms with Crippen LogP contribution in [0.25, 0.3) is 0 Å². The average Bonchev–Trinajstić information content (AvgIpc) is 2.83. The van der Waals surface area contributed by atoms with Crippen LogP contribution in [0.2, 0.25) is 0 Å². The largest absolute Gasteiger partial charge is 0.347 e. The first-order valence-electron chi connectivity index (χ1n) is 5.90. The van der Waals surface area contributed by atoms with Gasteiger partial charge in [0.25, 0.3) is 5.91 Å². The Kier molecular flexibility index (Phi) is 4.71. The molecule has 0 radical (unpaired) electrons. The van der Waals surface area contributed by atoms with Gasteiger partial charge in [-0.15, -0.1) is 11.3 Å². The summed E-state index contributed by atoms with van der Waals surface area (Å²) in [6.45, 7) is 2.51. The maximum atomic E-state index is 13.6. The van der Waals surface area contributed by atoms with E-state index < -0.39 is 5.82 Å². The molecule has 1 N–H and O–H groups in total. The predicted octanol–water partition coefficient (Wildman–Crippen LogP) is 4.14. The molecule has 5 heteroatoms. The van der Waals surface area contributed by atoms with E-state index in [1.54, 1.807) is 17.4 Å². The molecule has 1 aromatic carbocycles. The summed E-state index contributed by atoms with van der Waals surface area (Å²) in [4.78, 5) is 13.0. The van der Waals surface area contributed by atoms with E-state index in [1.165, 1.54) is 17.7 Å². The van der Waals surface area contributed by atoms with Crippen LogP contribution in [0.15, 0.2) is 34.1 Å². The van der Waals surface area contributed by atoms with Crippen LogP contribution >= 0.6 is 27.3 Å². The summed E-state index contributed by atoms with van der Waals surface area (Å²) in [7, 11) is 0. The molecule has 0 saturated heterocycles. The Morgan fingerprint density at radius 1 is 1.42 bits per heavy atom. The third-order valence-corrected chi connectivity index (χ3v) is 4.26. The molecule has 0 aliphatic carbocycles. The van der Waals surface area contributed by atoms with E-state index in [1.807, 2.05) is 11.4 Å². The van der Waals surface area contributed by atoms with Crippen molar-refractivity contribution in [2.24, 2.45) is 0 Å². The maximum absolute atomic E-state index is 13.6. The van der Waals surface area contributed by atoms with Gasteiger partial charge in [-0.1, -0.05) is 22.9 Å². The highest BCUT2D eigenvalue weighted by atomic mass is 79.9. The number of benzene rings is 1. The van der Waals surface area contributed by atoms with Crippen molar-refractivity contribution in [1.82, 2.24) is 5.32 Å². The lowest BCUT2D eigenvalue weighted by Gasteiger charge is -2.06. The van der Waals surface area contributed by atoms with Crippen LogP contribution < -0.4 is 5.32 Å². The van der Waals surface area contributed by atoms with Crippen molar-refractivity contribution in [3.05, 3.63) is 55.9 Å². The first-order valence-corrected chi connectivity index (χ1v) is 7.57. The molecule has 0 spiro atoms. The second-order valence-electron chi connectivity index (χ2n) is 4.03. The molecule has 2 aromatic rings. The summed E-state index contributed by atoms with van der Waals surface area (Å²) in [6, 6.07) is 6.47. The molecule has 0 atom stereocenters. The molecule has 0 bridgehead atoms. The van der Waals surface area contributed by atoms with Crippen LogP contribution in [0.4, 0.5) is 4.39 Å². The number of hydrogen-bond acceptors (Lipinski definition) is 2. The Bertz CT molecular complexity index is 597. The molecule has 2 nitrogen and oxygen atoms in total. The van der Waals surface area contributed by atoms with Gasteiger partial charge < -0.3 is 5.32 Å². The second kappa shape index (κ2) is 6.30. The average molecular weight is 342 g/mol. The zero-order valence-electron chi connectivity index (χ0n) is 10.4. The molecule has 0 aliphatic rings. The van der Waals surface area contributed by atoms with Gasteiger partial charge in [-0.25, -0.2) is 4.39 Å². The number of carbonyl (C=O) groups is 1. The van der Waals surface area contributed by atoms with E-state index in [4.69, 9.17) is 0 Å². The zero-order valence-corrected chi connectivity index (χ0v) is 12.8. The molecule has 0 aliphatic heterocycles. The van der Waals surface area contributed by atoms with Gasteiger partial charge in [0, 0.05) is 9.35 Å². The molecular weight excluding hydrogens is 329 g/mol. The van der Waals surface area contributed by atoms with Crippen molar-refractivity contribution in [3.63, 3.8) is 0 Å². The summed E-state index contributed by atoms with van der Waals surface area (Å²) >= 11 is 4.77. The summed E-state index contributed by atoms with van der Waals surface area (Å²) in [5.41, 5.74) is 1.29. The molecular formula is C14H13BrFNOS. The van der Waals surface area contributed by atoms with Crippen molar-refractivity contribution >= 4 is 33.2 Å². The Morgan fingerprint density at radius 3 is 2.89 bits per heavy atom. The van der Waals surface area contributed by atoms with Crippen molar-refractivity contribution in [3.8, 4) is 0 Å². The normalized spacial score (nSPS) is 10.5. The van der Waals surface area contributed by atoms with Crippen molar-refractivity contribution in [2.75, 3.05) is 0 Å². The number of thiophene rings is 1. The molecule has 0 fully saturated rings. The number of amides is 1. The third kappa shape index (κ3) is 3.42. The van der Waals surface area contributed by atoms with E-state index in [0.717, 1.165) is 11.3 Å². The van der Waals surface area contributed by atoms with Crippen molar-refractivity contribution in [2.45, 2.75) is 19.9 Å². The quantitative estimate of drug-likeness (QED) is 0.889. The molecule has 100 valence electrons. The molecule has 19 heavy (non-hydrogen) atoms. The summed E-state index contributed by atoms with van der Waals surface area (Å²) in [6.07, 6.45) is 0.932. The molecule has 0 saturated carbocycles. The van der Waals surface area contributed by atoms with Gasteiger partial charge in [0.05, 0.1) is 12.1 Å². The van der Waals surface area contributed by atoms with Gasteiger partial charge in [0.1, 0.15) is 5.82 Å². The Balaban J connectivity index is 2.05. The standard InChI is InChI=1S/C14H13BrFNOS/c1-2-9-5-6-19-13(9)8-17-14(18)11-4-3-10(15)7-12(11)16/h3-7H,2,8H2,1H3,(H,17,18). The van der Waals surface area contributed by atoms with Gasteiger partial charge in [-0.05, 0) is 41.6 Å².